The van der Waals surface area contributed by atoms with Crippen molar-refractivity contribution in [3.8, 4) is 6.07 Å². The van der Waals surface area contributed by atoms with E-state index < -0.39 is 5.60 Å². The lowest BCUT2D eigenvalue weighted by molar-refractivity contribution is 0.0952. The van der Waals surface area contributed by atoms with E-state index in [2.05, 4.69) is 21.0 Å². The molecule has 6 heteroatoms. The number of rotatable bonds is 2. The van der Waals surface area contributed by atoms with Crippen LogP contribution in [0.25, 0.3) is 21.9 Å². The fourth-order valence-corrected chi connectivity index (χ4v) is 3.74. The van der Waals surface area contributed by atoms with E-state index >= 15 is 0 Å². The molecular formula is C19H15ClN4O. The standard InChI is InChI=1S/C19H15ClN4O/c1-10-7-13(20)16(12-5-6-22-17(10)12)19(2,25)18-23-14-4-3-11(9-21)8-15(14)24-18/h3-8,22,25H,1-2H3,(H,23,24). The van der Waals surface area contributed by atoms with Gasteiger partial charge in [-0.05, 0) is 49.7 Å². The molecule has 4 aromatic rings. The zero-order valence-electron chi connectivity index (χ0n) is 13.7. The van der Waals surface area contributed by atoms with Crippen molar-refractivity contribution in [2.24, 2.45) is 0 Å². The summed E-state index contributed by atoms with van der Waals surface area (Å²) < 4.78 is 0. The number of hydrogen-bond donors (Lipinski definition) is 3. The van der Waals surface area contributed by atoms with Crippen LogP contribution in [0.1, 0.15) is 29.4 Å². The number of nitriles is 1. The number of aromatic amines is 2. The molecule has 5 nitrogen and oxygen atoms in total. The van der Waals surface area contributed by atoms with E-state index in [-0.39, 0.29) is 0 Å². The molecule has 0 fully saturated rings. The lowest BCUT2D eigenvalue weighted by Gasteiger charge is -2.24. The summed E-state index contributed by atoms with van der Waals surface area (Å²) in [5.41, 5.74) is 3.03. The molecule has 0 saturated carbocycles. The number of aryl methyl sites for hydroxylation is 1. The van der Waals surface area contributed by atoms with Gasteiger partial charge in [0.25, 0.3) is 0 Å². The Balaban J connectivity index is 1.96. The van der Waals surface area contributed by atoms with Gasteiger partial charge in [-0.3, -0.25) is 0 Å². The van der Waals surface area contributed by atoms with Crippen LogP contribution >= 0.6 is 11.6 Å². The van der Waals surface area contributed by atoms with E-state index in [0.29, 0.717) is 33.0 Å². The van der Waals surface area contributed by atoms with Gasteiger partial charge in [0, 0.05) is 27.7 Å². The van der Waals surface area contributed by atoms with Crippen molar-refractivity contribution >= 4 is 33.5 Å². The molecule has 0 amide bonds. The maximum absolute atomic E-state index is 11.3. The highest BCUT2D eigenvalue weighted by Gasteiger charge is 2.34. The summed E-state index contributed by atoms with van der Waals surface area (Å²) in [6, 6.07) is 11.0. The molecule has 25 heavy (non-hydrogen) atoms. The summed E-state index contributed by atoms with van der Waals surface area (Å²) in [5.74, 6) is 0.380. The van der Waals surface area contributed by atoms with Gasteiger partial charge in [-0.2, -0.15) is 5.26 Å². The molecule has 1 atom stereocenters. The quantitative estimate of drug-likeness (QED) is 0.507. The van der Waals surface area contributed by atoms with E-state index in [9.17, 15) is 5.11 Å². The Kier molecular flexibility index (Phi) is 3.36. The Morgan fingerprint density at radius 2 is 2.08 bits per heavy atom. The van der Waals surface area contributed by atoms with Crippen LogP contribution in [0.15, 0.2) is 36.5 Å². The van der Waals surface area contributed by atoms with E-state index in [1.54, 1.807) is 25.1 Å². The van der Waals surface area contributed by atoms with Crippen LogP contribution in [-0.2, 0) is 5.60 Å². The normalized spacial score (nSPS) is 13.9. The molecule has 2 aromatic heterocycles. The number of nitrogens with zero attached hydrogens (tertiary/aromatic N) is 2. The van der Waals surface area contributed by atoms with Gasteiger partial charge in [0.15, 0.2) is 0 Å². The third-order valence-corrected chi connectivity index (χ3v) is 4.85. The fraction of sp³-hybridized carbons (Fsp3) is 0.158. The van der Waals surface area contributed by atoms with Crippen LogP contribution in [0.5, 0.6) is 0 Å². The van der Waals surface area contributed by atoms with Gasteiger partial charge < -0.3 is 15.1 Å². The van der Waals surface area contributed by atoms with E-state index in [1.807, 2.05) is 25.3 Å². The molecule has 0 aliphatic heterocycles. The maximum atomic E-state index is 11.3. The average Bonchev–Trinajstić information content (AvgIpc) is 3.20. The minimum Gasteiger partial charge on any atom is -0.377 e. The molecule has 0 saturated heterocycles. The van der Waals surface area contributed by atoms with E-state index in [0.717, 1.165) is 16.5 Å². The Morgan fingerprint density at radius 3 is 2.84 bits per heavy atom. The minimum atomic E-state index is -1.42. The van der Waals surface area contributed by atoms with E-state index in [1.165, 1.54) is 0 Å². The van der Waals surface area contributed by atoms with Crippen LogP contribution in [0.3, 0.4) is 0 Å². The number of nitrogens with one attached hydrogen (secondary N) is 2. The molecule has 2 aromatic carbocycles. The molecule has 2 heterocycles. The van der Waals surface area contributed by atoms with Crippen LogP contribution in [0.2, 0.25) is 5.02 Å². The van der Waals surface area contributed by atoms with Crippen molar-refractivity contribution in [3.05, 3.63) is 64.1 Å². The molecule has 0 spiro atoms. The fourth-order valence-electron chi connectivity index (χ4n) is 3.29. The van der Waals surface area contributed by atoms with Gasteiger partial charge in [-0.15, -0.1) is 0 Å². The lowest BCUT2D eigenvalue weighted by atomic mass is 9.91. The molecule has 4 rings (SSSR count). The highest BCUT2D eigenvalue weighted by atomic mass is 35.5. The minimum absolute atomic E-state index is 0.380. The second-order valence-corrected chi connectivity index (χ2v) is 6.73. The largest absolute Gasteiger partial charge is 0.377 e. The molecule has 0 bridgehead atoms. The van der Waals surface area contributed by atoms with Gasteiger partial charge >= 0.3 is 0 Å². The summed E-state index contributed by atoms with van der Waals surface area (Å²) >= 11 is 6.49. The number of benzene rings is 2. The van der Waals surface area contributed by atoms with Crippen molar-refractivity contribution < 1.29 is 5.11 Å². The van der Waals surface area contributed by atoms with Gasteiger partial charge in [0.2, 0.25) is 0 Å². The number of aliphatic hydroxyl groups is 1. The molecule has 0 aliphatic carbocycles. The van der Waals surface area contributed by atoms with E-state index in [4.69, 9.17) is 16.9 Å². The van der Waals surface area contributed by atoms with Crippen molar-refractivity contribution in [1.29, 1.82) is 5.26 Å². The smallest absolute Gasteiger partial charge is 0.146 e. The van der Waals surface area contributed by atoms with Crippen molar-refractivity contribution in [1.82, 2.24) is 15.0 Å². The molecule has 124 valence electrons. The molecule has 1 unspecified atom stereocenters. The highest BCUT2D eigenvalue weighted by Crippen LogP contribution is 2.39. The first-order valence-corrected chi connectivity index (χ1v) is 8.19. The SMILES string of the molecule is Cc1cc(Cl)c(C(C)(O)c2nc3ccc(C#N)cc3[nH]2)c2cc[nH]c12. The summed E-state index contributed by atoms with van der Waals surface area (Å²) in [5, 5.41) is 21.7. The molecular weight excluding hydrogens is 336 g/mol. The predicted molar refractivity (Wildman–Crippen MR) is 97.5 cm³/mol. The third-order valence-electron chi connectivity index (χ3n) is 4.55. The number of fused-ring (bicyclic) bond motifs is 2. The number of hydrogen-bond acceptors (Lipinski definition) is 3. The van der Waals surface area contributed by atoms with Crippen LogP contribution in [0, 0.1) is 18.3 Å². The number of imidazole rings is 1. The number of aromatic nitrogens is 3. The zero-order valence-corrected chi connectivity index (χ0v) is 14.4. The summed E-state index contributed by atoms with van der Waals surface area (Å²) in [6.07, 6.45) is 1.82. The Labute approximate surface area is 148 Å². The summed E-state index contributed by atoms with van der Waals surface area (Å²) in [7, 11) is 0. The number of halogens is 1. The Hall–Kier alpha value is -2.81. The highest BCUT2D eigenvalue weighted by molar-refractivity contribution is 6.32. The second kappa shape index (κ2) is 5.35. The van der Waals surface area contributed by atoms with Gasteiger partial charge in [-0.25, -0.2) is 4.98 Å². The first kappa shape index (κ1) is 15.7. The molecule has 0 radical (unpaired) electrons. The number of H-pyrrole nitrogens is 2. The van der Waals surface area contributed by atoms with Crippen LogP contribution in [0.4, 0.5) is 0 Å². The summed E-state index contributed by atoms with van der Waals surface area (Å²) in [4.78, 5) is 10.8. The summed E-state index contributed by atoms with van der Waals surface area (Å²) in [6.45, 7) is 3.63. The maximum Gasteiger partial charge on any atom is 0.146 e. The van der Waals surface area contributed by atoms with Gasteiger partial charge in [0.1, 0.15) is 11.4 Å². The third kappa shape index (κ3) is 2.30. The molecule has 3 N–H and O–H groups in total. The first-order valence-electron chi connectivity index (χ1n) is 7.81. The predicted octanol–water partition coefficient (Wildman–Crippen LogP) is 4.13. The van der Waals surface area contributed by atoms with Crippen molar-refractivity contribution in [2.75, 3.05) is 0 Å². The molecule has 0 aliphatic rings. The first-order chi connectivity index (χ1) is 11.9. The average molecular weight is 351 g/mol. The topological polar surface area (TPSA) is 88.5 Å². The van der Waals surface area contributed by atoms with Crippen LogP contribution in [-0.4, -0.2) is 20.1 Å². The van der Waals surface area contributed by atoms with Gasteiger partial charge in [0.05, 0.1) is 22.7 Å². The zero-order chi connectivity index (χ0) is 17.8. The van der Waals surface area contributed by atoms with Crippen molar-refractivity contribution in [2.45, 2.75) is 19.4 Å². The lowest BCUT2D eigenvalue weighted by Crippen LogP contribution is -2.25. The van der Waals surface area contributed by atoms with Crippen molar-refractivity contribution in [3.63, 3.8) is 0 Å². The monoisotopic (exact) mass is 350 g/mol. The van der Waals surface area contributed by atoms with Crippen LogP contribution < -0.4 is 0 Å². The Morgan fingerprint density at radius 1 is 1.28 bits per heavy atom. The van der Waals surface area contributed by atoms with Gasteiger partial charge in [-0.1, -0.05) is 11.6 Å². The second-order valence-electron chi connectivity index (χ2n) is 6.32. The Bertz CT molecular complexity index is 1160.